The number of amides is 2. The van der Waals surface area contributed by atoms with Crippen LogP contribution in [0.3, 0.4) is 0 Å². The molecule has 3 aromatic carbocycles. The van der Waals surface area contributed by atoms with Crippen molar-refractivity contribution < 1.29 is 14.7 Å². The van der Waals surface area contributed by atoms with Gasteiger partial charge in [0.1, 0.15) is 5.75 Å². The predicted octanol–water partition coefficient (Wildman–Crippen LogP) is 6.22. The molecule has 0 bridgehead atoms. The molecule has 0 spiro atoms. The monoisotopic (exact) mass is 428 g/mol. The standard InChI is InChI=1S/C27H28N2O3/c30-25-16-15-23(18-24(25)29-26(31)17-19-7-3-1-4-8-19)28-27(32)22-13-11-21(12-14-22)20-9-5-2-6-10-20/h2,5-6,9-16,18-19,30H,1,3-4,7-8,17H2,(H,28,32)(H,29,31). The van der Waals surface area contributed by atoms with Gasteiger partial charge in [-0.05, 0) is 60.2 Å². The number of phenols is 1. The van der Waals surface area contributed by atoms with Gasteiger partial charge in [-0.15, -0.1) is 0 Å². The first-order valence-corrected chi connectivity index (χ1v) is 11.2. The highest BCUT2D eigenvalue weighted by Crippen LogP contribution is 2.30. The molecule has 0 heterocycles. The Kier molecular flexibility index (Phi) is 6.85. The van der Waals surface area contributed by atoms with E-state index in [2.05, 4.69) is 10.6 Å². The summed E-state index contributed by atoms with van der Waals surface area (Å²) in [6.07, 6.45) is 6.23. The number of carbonyl (C=O) groups excluding carboxylic acids is 2. The zero-order valence-electron chi connectivity index (χ0n) is 18.0. The van der Waals surface area contributed by atoms with E-state index in [1.54, 1.807) is 24.3 Å². The molecule has 2 amide bonds. The fourth-order valence-electron chi connectivity index (χ4n) is 4.22. The highest BCUT2D eigenvalue weighted by Gasteiger charge is 2.18. The summed E-state index contributed by atoms with van der Waals surface area (Å²) in [4.78, 5) is 25.1. The van der Waals surface area contributed by atoms with Crippen molar-refractivity contribution >= 4 is 23.2 Å². The second kappa shape index (κ2) is 10.1. The topological polar surface area (TPSA) is 78.4 Å². The first kappa shape index (κ1) is 21.6. The molecule has 1 aliphatic rings. The van der Waals surface area contributed by atoms with E-state index in [1.165, 1.54) is 25.3 Å². The second-order valence-corrected chi connectivity index (χ2v) is 8.39. The number of hydrogen-bond acceptors (Lipinski definition) is 3. The van der Waals surface area contributed by atoms with Crippen molar-refractivity contribution in [1.29, 1.82) is 0 Å². The summed E-state index contributed by atoms with van der Waals surface area (Å²) in [5.74, 6) is 0.0294. The first-order chi connectivity index (χ1) is 15.6. The van der Waals surface area contributed by atoms with Gasteiger partial charge >= 0.3 is 0 Å². The Morgan fingerprint density at radius 2 is 1.50 bits per heavy atom. The fourth-order valence-corrected chi connectivity index (χ4v) is 4.22. The number of rotatable bonds is 6. The summed E-state index contributed by atoms with van der Waals surface area (Å²) in [7, 11) is 0. The molecule has 0 saturated heterocycles. The molecule has 1 fully saturated rings. The Morgan fingerprint density at radius 3 is 2.22 bits per heavy atom. The van der Waals surface area contributed by atoms with Crippen molar-refractivity contribution in [1.82, 2.24) is 0 Å². The van der Waals surface area contributed by atoms with Gasteiger partial charge in [0.15, 0.2) is 0 Å². The van der Waals surface area contributed by atoms with E-state index >= 15 is 0 Å². The van der Waals surface area contributed by atoms with Gasteiger partial charge < -0.3 is 15.7 Å². The summed E-state index contributed by atoms with van der Waals surface area (Å²) in [6.45, 7) is 0. The summed E-state index contributed by atoms with van der Waals surface area (Å²) < 4.78 is 0. The van der Waals surface area contributed by atoms with Gasteiger partial charge in [0, 0.05) is 17.7 Å². The molecule has 5 nitrogen and oxygen atoms in total. The van der Waals surface area contributed by atoms with Crippen LogP contribution in [0.15, 0.2) is 72.8 Å². The van der Waals surface area contributed by atoms with Crippen LogP contribution in [0.1, 0.15) is 48.9 Å². The largest absolute Gasteiger partial charge is 0.506 e. The molecule has 0 aliphatic heterocycles. The van der Waals surface area contributed by atoms with Crippen molar-refractivity contribution in [3.05, 3.63) is 78.4 Å². The molecular weight excluding hydrogens is 400 g/mol. The molecule has 0 radical (unpaired) electrons. The molecule has 164 valence electrons. The molecule has 3 aromatic rings. The zero-order valence-corrected chi connectivity index (χ0v) is 18.0. The number of benzene rings is 3. The number of phenolic OH excluding ortho intramolecular Hbond substituents is 1. The third-order valence-corrected chi connectivity index (χ3v) is 5.98. The Morgan fingerprint density at radius 1 is 0.812 bits per heavy atom. The summed E-state index contributed by atoms with van der Waals surface area (Å²) in [5.41, 5.74) is 3.47. The molecule has 5 heteroatoms. The zero-order chi connectivity index (χ0) is 22.3. The average Bonchev–Trinajstić information content (AvgIpc) is 2.82. The van der Waals surface area contributed by atoms with Crippen LogP contribution in [-0.4, -0.2) is 16.9 Å². The lowest BCUT2D eigenvalue weighted by Crippen LogP contribution is -2.18. The van der Waals surface area contributed by atoms with Crippen LogP contribution >= 0.6 is 0 Å². The average molecular weight is 429 g/mol. The number of anilines is 2. The van der Waals surface area contributed by atoms with Crippen LogP contribution in [0.2, 0.25) is 0 Å². The quantitative estimate of drug-likeness (QED) is 0.322. The van der Waals surface area contributed by atoms with E-state index in [0.717, 1.165) is 24.0 Å². The van der Waals surface area contributed by atoms with E-state index in [1.807, 2.05) is 42.5 Å². The number of hydrogen-bond donors (Lipinski definition) is 3. The van der Waals surface area contributed by atoms with Crippen LogP contribution in [0.4, 0.5) is 11.4 Å². The molecule has 0 unspecified atom stereocenters. The van der Waals surface area contributed by atoms with E-state index in [0.29, 0.717) is 29.3 Å². The van der Waals surface area contributed by atoms with Crippen molar-refractivity contribution in [2.45, 2.75) is 38.5 Å². The Labute approximate surface area is 188 Å². The number of carbonyl (C=O) groups is 2. The Hall–Kier alpha value is -3.60. The van der Waals surface area contributed by atoms with Gasteiger partial charge in [-0.2, -0.15) is 0 Å². The Bertz CT molecular complexity index is 1070. The van der Waals surface area contributed by atoms with Crippen LogP contribution in [0.25, 0.3) is 11.1 Å². The van der Waals surface area contributed by atoms with Gasteiger partial charge in [-0.1, -0.05) is 61.7 Å². The van der Waals surface area contributed by atoms with Gasteiger partial charge in [-0.25, -0.2) is 0 Å². The normalized spacial score (nSPS) is 14.0. The lowest BCUT2D eigenvalue weighted by Gasteiger charge is -2.21. The summed E-state index contributed by atoms with van der Waals surface area (Å²) >= 11 is 0. The minimum Gasteiger partial charge on any atom is -0.506 e. The van der Waals surface area contributed by atoms with Crippen LogP contribution < -0.4 is 10.6 Å². The Balaban J connectivity index is 1.39. The van der Waals surface area contributed by atoms with Gasteiger partial charge in [0.25, 0.3) is 5.91 Å². The first-order valence-electron chi connectivity index (χ1n) is 11.2. The molecular formula is C27H28N2O3. The molecule has 3 N–H and O–H groups in total. The van der Waals surface area contributed by atoms with E-state index < -0.39 is 0 Å². The van der Waals surface area contributed by atoms with Crippen LogP contribution in [0, 0.1) is 5.92 Å². The van der Waals surface area contributed by atoms with Crippen molar-refractivity contribution in [2.24, 2.45) is 5.92 Å². The lowest BCUT2D eigenvalue weighted by atomic mass is 9.87. The SMILES string of the molecule is O=C(CC1CCCCC1)Nc1cc(NC(=O)c2ccc(-c3ccccc3)cc2)ccc1O. The summed E-state index contributed by atoms with van der Waals surface area (Å²) in [5, 5.41) is 15.8. The third kappa shape index (κ3) is 5.55. The minimum atomic E-state index is -0.255. The fraction of sp³-hybridized carbons (Fsp3) is 0.259. The maximum atomic E-state index is 12.7. The molecule has 0 aromatic heterocycles. The third-order valence-electron chi connectivity index (χ3n) is 5.98. The van der Waals surface area contributed by atoms with E-state index in [4.69, 9.17) is 0 Å². The highest BCUT2D eigenvalue weighted by atomic mass is 16.3. The number of nitrogens with one attached hydrogen (secondary N) is 2. The maximum Gasteiger partial charge on any atom is 0.255 e. The molecule has 1 aliphatic carbocycles. The van der Waals surface area contributed by atoms with Crippen molar-refractivity contribution in [3.8, 4) is 16.9 Å². The van der Waals surface area contributed by atoms with E-state index in [-0.39, 0.29) is 17.6 Å². The molecule has 32 heavy (non-hydrogen) atoms. The molecule has 0 atom stereocenters. The smallest absolute Gasteiger partial charge is 0.255 e. The van der Waals surface area contributed by atoms with Crippen LogP contribution in [-0.2, 0) is 4.79 Å². The van der Waals surface area contributed by atoms with Gasteiger partial charge in [-0.3, -0.25) is 9.59 Å². The lowest BCUT2D eigenvalue weighted by molar-refractivity contribution is -0.117. The minimum absolute atomic E-state index is 0.0211. The van der Waals surface area contributed by atoms with Crippen molar-refractivity contribution in [3.63, 3.8) is 0 Å². The predicted molar refractivity (Wildman–Crippen MR) is 128 cm³/mol. The van der Waals surface area contributed by atoms with E-state index in [9.17, 15) is 14.7 Å². The van der Waals surface area contributed by atoms with Crippen molar-refractivity contribution in [2.75, 3.05) is 10.6 Å². The maximum absolute atomic E-state index is 12.7. The molecule has 4 rings (SSSR count). The second-order valence-electron chi connectivity index (χ2n) is 8.39. The van der Waals surface area contributed by atoms with Crippen LogP contribution in [0.5, 0.6) is 5.75 Å². The summed E-state index contributed by atoms with van der Waals surface area (Å²) in [6, 6.07) is 22.0. The number of aromatic hydroxyl groups is 1. The highest BCUT2D eigenvalue weighted by molar-refractivity contribution is 6.05. The van der Waals surface area contributed by atoms with Gasteiger partial charge in [0.2, 0.25) is 5.91 Å². The molecule has 1 saturated carbocycles. The van der Waals surface area contributed by atoms with Gasteiger partial charge in [0.05, 0.1) is 5.69 Å².